The van der Waals surface area contributed by atoms with E-state index in [9.17, 15) is 0 Å². The summed E-state index contributed by atoms with van der Waals surface area (Å²) in [6.07, 6.45) is 12.1. The number of fused-ring (bicyclic) bond motifs is 2. The van der Waals surface area contributed by atoms with Crippen LogP contribution < -0.4 is 9.80 Å². The fraction of sp³-hybridized carbons (Fsp3) is 0.0847. The predicted molar refractivity (Wildman–Crippen MR) is 265 cm³/mol. The lowest BCUT2D eigenvalue weighted by Gasteiger charge is -2.33. The van der Waals surface area contributed by atoms with Gasteiger partial charge in [0.15, 0.2) is 0 Å². The van der Waals surface area contributed by atoms with Crippen molar-refractivity contribution in [2.45, 2.75) is 33.1 Å². The van der Waals surface area contributed by atoms with Gasteiger partial charge in [0.05, 0.1) is 11.4 Å². The van der Waals surface area contributed by atoms with Gasteiger partial charge in [0.1, 0.15) is 0 Å². The molecule has 0 spiro atoms. The van der Waals surface area contributed by atoms with Crippen molar-refractivity contribution in [1.29, 1.82) is 0 Å². The van der Waals surface area contributed by atoms with Gasteiger partial charge in [0.25, 0.3) is 0 Å². The summed E-state index contributed by atoms with van der Waals surface area (Å²) in [5.41, 5.74) is 14.2. The summed E-state index contributed by atoms with van der Waals surface area (Å²) in [4.78, 5) is 4.93. The van der Waals surface area contributed by atoms with Crippen molar-refractivity contribution in [3.8, 4) is 0 Å². The van der Waals surface area contributed by atoms with Crippen LogP contribution >= 0.6 is 0 Å². The van der Waals surface area contributed by atoms with Crippen LogP contribution in [0.3, 0.4) is 0 Å². The second-order valence-corrected chi connectivity index (χ2v) is 15.7. The number of nitrogens with zero attached hydrogens (tertiary/aromatic N) is 2. The maximum absolute atomic E-state index is 2.50. The molecule has 0 atom stereocenters. The van der Waals surface area contributed by atoms with Gasteiger partial charge >= 0.3 is 0 Å². The second kappa shape index (κ2) is 18.2. The molecule has 0 aliphatic rings. The summed E-state index contributed by atoms with van der Waals surface area (Å²) in [5.74, 6) is 0. The van der Waals surface area contributed by atoms with Crippen LogP contribution in [0.15, 0.2) is 206 Å². The van der Waals surface area contributed by atoms with Crippen molar-refractivity contribution in [3.63, 3.8) is 0 Å². The van der Waals surface area contributed by atoms with Crippen LogP contribution in [0, 0.1) is 6.92 Å². The quantitative estimate of drug-likeness (QED) is 0.0652. The van der Waals surface area contributed by atoms with Gasteiger partial charge in [-0.1, -0.05) is 183 Å². The SMILES string of the molecule is CCCCc1cc2c(N(c3ccccc3)c3ccc(/C=C/c4ccccc4)cc3)c3ccccc3c(N(c3ccccc3)c3ccc(/C=C/c4ccccc4)cc3)c2cc1C. The lowest BCUT2D eigenvalue weighted by Crippen LogP contribution is -2.15. The predicted octanol–water partition coefficient (Wildman–Crippen LogP) is 16.9. The van der Waals surface area contributed by atoms with Crippen molar-refractivity contribution >= 4 is 80.0 Å². The molecule has 9 aromatic carbocycles. The van der Waals surface area contributed by atoms with Crippen molar-refractivity contribution in [1.82, 2.24) is 0 Å². The highest BCUT2D eigenvalue weighted by Gasteiger charge is 2.26. The Bertz CT molecular complexity index is 2920. The summed E-state index contributed by atoms with van der Waals surface area (Å²) in [7, 11) is 0. The monoisotopic (exact) mass is 786 g/mol. The lowest BCUT2D eigenvalue weighted by molar-refractivity contribution is 0.792. The van der Waals surface area contributed by atoms with E-state index in [0.717, 1.165) is 53.1 Å². The molecule has 0 saturated carbocycles. The molecule has 0 aliphatic heterocycles. The molecule has 0 N–H and O–H groups in total. The van der Waals surface area contributed by atoms with E-state index >= 15 is 0 Å². The van der Waals surface area contributed by atoms with Gasteiger partial charge in [-0.15, -0.1) is 0 Å². The Hall–Kier alpha value is -7.42. The largest absolute Gasteiger partial charge is 0.309 e. The van der Waals surface area contributed by atoms with Crippen LogP contribution in [0.5, 0.6) is 0 Å². The number of hydrogen-bond donors (Lipinski definition) is 0. The highest BCUT2D eigenvalue weighted by Crippen LogP contribution is 2.51. The first kappa shape index (κ1) is 39.1. The van der Waals surface area contributed by atoms with Crippen LogP contribution in [0.4, 0.5) is 34.1 Å². The number of para-hydroxylation sites is 2. The maximum Gasteiger partial charge on any atom is 0.0620 e. The Morgan fingerprint density at radius 2 is 0.705 bits per heavy atom. The summed E-state index contributed by atoms with van der Waals surface area (Å²) >= 11 is 0. The van der Waals surface area contributed by atoms with E-state index in [1.54, 1.807) is 0 Å². The highest BCUT2D eigenvalue weighted by atomic mass is 15.2. The molecule has 0 heterocycles. The highest BCUT2D eigenvalue weighted by molar-refractivity contribution is 6.23. The van der Waals surface area contributed by atoms with Gasteiger partial charge in [0.2, 0.25) is 0 Å². The lowest BCUT2D eigenvalue weighted by atomic mass is 9.91. The Kier molecular flexibility index (Phi) is 11.7. The van der Waals surface area contributed by atoms with Gasteiger partial charge in [0, 0.05) is 44.3 Å². The number of unbranched alkanes of at least 4 members (excludes halogenated alkanes) is 1. The van der Waals surface area contributed by atoms with Crippen LogP contribution in [0.25, 0.3) is 45.8 Å². The Morgan fingerprint density at radius 1 is 0.361 bits per heavy atom. The molecule has 2 nitrogen and oxygen atoms in total. The minimum atomic E-state index is 1.04. The molecule has 0 aromatic heterocycles. The standard InChI is InChI=1S/C59H50N2/c1-3-4-23-49-43-57-56(42-44(49)2)58(60(50-24-13-7-14-25-50)52-38-34-47(35-39-52)32-30-45-19-9-5-10-20-45)54-28-17-18-29-55(54)59(57)61(51-26-15-8-16-27-51)53-40-36-48(37-41-53)33-31-46-21-11-6-12-22-46/h5-22,24-43H,3-4,23H2,1-2H3/b32-30+,33-31+. The zero-order chi connectivity index (χ0) is 41.4. The molecule has 0 aliphatic carbocycles. The van der Waals surface area contributed by atoms with E-state index in [-0.39, 0.29) is 0 Å². The molecule has 61 heavy (non-hydrogen) atoms. The minimum absolute atomic E-state index is 1.04. The summed E-state index contributed by atoms with van der Waals surface area (Å²) < 4.78 is 0. The Morgan fingerprint density at radius 3 is 1.11 bits per heavy atom. The van der Waals surface area contributed by atoms with Crippen LogP contribution in [0.2, 0.25) is 0 Å². The van der Waals surface area contributed by atoms with E-state index < -0.39 is 0 Å². The Labute approximate surface area is 361 Å². The third kappa shape index (κ3) is 8.53. The van der Waals surface area contributed by atoms with Crippen LogP contribution in [0.1, 0.15) is 53.1 Å². The second-order valence-electron chi connectivity index (χ2n) is 15.7. The number of aryl methyl sites for hydroxylation is 2. The third-order valence-electron chi connectivity index (χ3n) is 11.5. The van der Waals surface area contributed by atoms with Crippen molar-refractivity contribution in [3.05, 3.63) is 240 Å². The smallest absolute Gasteiger partial charge is 0.0620 e. The average Bonchev–Trinajstić information content (AvgIpc) is 3.32. The molecular weight excluding hydrogens is 737 g/mol. The molecule has 9 aromatic rings. The zero-order valence-corrected chi connectivity index (χ0v) is 35.0. The van der Waals surface area contributed by atoms with E-state index in [1.165, 1.54) is 55.2 Å². The molecule has 296 valence electrons. The first-order valence-corrected chi connectivity index (χ1v) is 21.5. The van der Waals surface area contributed by atoms with Gasteiger partial charge in [-0.05, 0) is 114 Å². The van der Waals surface area contributed by atoms with Gasteiger partial charge in [-0.2, -0.15) is 0 Å². The number of hydrogen-bond acceptors (Lipinski definition) is 2. The van der Waals surface area contributed by atoms with Gasteiger partial charge in [-0.25, -0.2) is 0 Å². The molecule has 0 fully saturated rings. The van der Waals surface area contributed by atoms with Crippen molar-refractivity contribution in [2.75, 3.05) is 9.80 Å². The minimum Gasteiger partial charge on any atom is -0.309 e. The first-order chi connectivity index (χ1) is 30.1. The zero-order valence-electron chi connectivity index (χ0n) is 35.0. The van der Waals surface area contributed by atoms with E-state index in [4.69, 9.17) is 0 Å². The molecule has 0 unspecified atom stereocenters. The average molecular weight is 787 g/mol. The first-order valence-electron chi connectivity index (χ1n) is 21.5. The third-order valence-corrected chi connectivity index (χ3v) is 11.5. The topological polar surface area (TPSA) is 6.48 Å². The van der Waals surface area contributed by atoms with Gasteiger partial charge in [-0.3, -0.25) is 0 Å². The molecule has 9 rings (SSSR count). The fourth-order valence-electron chi connectivity index (χ4n) is 8.40. The molecule has 0 amide bonds. The normalized spacial score (nSPS) is 11.5. The molecule has 0 bridgehead atoms. The number of benzene rings is 9. The van der Waals surface area contributed by atoms with Crippen LogP contribution in [-0.2, 0) is 6.42 Å². The Balaban J connectivity index is 1.27. The number of anilines is 6. The number of rotatable bonds is 13. The van der Waals surface area contributed by atoms with E-state index in [2.05, 4.69) is 254 Å². The summed E-state index contributed by atoms with van der Waals surface area (Å²) in [6.45, 7) is 4.57. The van der Waals surface area contributed by atoms with E-state index in [1.807, 2.05) is 0 Å². The fourth-order valence-corrected chi connectivity index (χ4v) is 8.40. The molecule has 2 heteroatoms. The van der Waals surface area contributed by atoms with Crippen LogP contribution in [-0.4, -0.2) is 0 Å². The molecule has 0 saturated heterocycles. The van der Waals surface area contributed by atoms with Gasteiger partial charge < -0.3 is 9.80 Å². The van der Waals surface area contributed by atoms with Crippen molar-refractivity contribution < 1.29 is 0 Å². The summed E-state index contributed by atoms with van der Waals surface area (Å²) in [6, 6.07) is 74.6. The van der Waals surface area contributed by atoms with E-state index in [0.29, 0.717) is 0 Å². The maximum atomic E-state index is 2.50. The summed E-state index contributed by atoms with van der Waals surface area (Å²) in [5, 5.41) is 4.82. The molecular formula is C59H50N2. The molecule has 0 radical (unpaired) electrons. The van der Waals surface area contributed by atoms with Crippen molar-refractivity contribution in [2.24, 2.45) is 0 Å².